The van der Waals surface area contributed by atoms with Crippen molar-refractivity contribution in [2.45, 2.75) is 0 Å². The minimum absolute atomic E-state index is 0.0993. The number of carbonyl (C=O) groups is 1. The summed E-state index contributed by atoms with van der Waals surface area (Å²) in [5.41, 5.74) is 5.19. The largest absolute Gasteiger partial charge is 0.364 e. The number of nitrogens with zero attached hydrogens (tertiary/aromatic N) is 3. The summed E-state index contributed by atoms with van der Waals surface area (Å²) in [7, 11) is 0. The molecule has 0 fully saturated rings. The van der Waals surface area contributed by atoms with Crippen molar-refractivity contribution < 1.29 is 4.79 Å². The summed E-state index contributed by atoms with van der Waals surface area (Å²) in [6.07, 6.45) is 1.50. The average Bonchev–Trinajstić information content (AvgIpc) is 2.72. The number of nitrogens with two attached hydrogens (primary N) is 1. The van der Waals surface area contributed by atoms with Crippen molar-refractivity contribution in [1.82, 2.24) is 14.8 Å². The lowest BCUT2D eigenvalue weighted by Gasteiger charge is -2.04. The van der Waals surface area contributed by atoms with Gasteiger partial charge in [0.15, 0.2) is 5.82 Å². The van der Waals surface area contributed by atoms with E-state index in [0.29, 0.717) is 0 Å². The first-order valence-electron chi connectivity index (χ1n) is 4.36. The van der Waals surface area contributed by atoms with Crippen LogP contribution in [0.25, 0.3) is 5.82 Å². The van der Waals surface area contributed by atoms with Gasteiger partial charge < -0.3 is 5.73 Å². The van der Waals surface area contributed by atoms with Gasteiger partial charge in [0.2, 0.25) is 0 Å². The Balaban J connectivity index is 2.52. The highest BCUT2D eigenvalue weighted by atomic mass is 35.5. The molecule has 0 aromatic carbocycles. The van der Waals surface area contributed by atoms with E-state index in [1.165, 1.54) is 23.0 Å². The molecule has 0 bridgehead atoms. The molecule has 88 valence electrons. The fourth-order valence-electron chi connectivity index (χ4n) is 1.17. The van der Waals surface area contributed by atoms with Gasteiger partial charge in [0.05, 0.1) is 10.0 Å². The van der Waals surface area contributed by atoms with Crippen LogP contribution in [0.4, 0.5) is 0 Å². The van der Waals surface area contributed by atoms with E-state index in [2.05, 4.69) is 10.1 Å². The molecule has 5 nitrogen and oxygen atoms in total. The highest BCUT2D eigenvalue weighted by molar-refractivity contribution is 6.42. The van der Waals surface area contributed by atoms with Gasteiger partial charge in [0, 0.05) is 6.20 Å². The first kappa shape index (κ1) is 12.2. The second kappa shape index (κ2) is 4.52. The van der Waals surface area contributed by atoms with Crippen LogP contribution in [0.5, 0.6) is 0 Å². The summed E-state index contributed by atoms with van der Waals surface area (Å²) in [6.45, 7) is 0. The maximum Gasteiger partial charge on any atom is 0.269 e. The van der Waals surface area contributed by atoms with Crippen molar-refractivity contribution in [2.24, 2.45) is 5.73 Å². The number of pyridine rings is 1. The number of hydrogen-bond acceptors (Lipinski definition) is 3. The number of aromatic nitrogens is 3. The number of primary amides is 1. The molecule has 2 rings (SSSR count). The zero-order valence-electron chi connectivity index (χ0n) is 8.19. The lowest BCUT2D eigenvalue weighted by atomic mass is 10.4. The summed E-state index contributed by atoms with van der Waals surface area (Å²) in [4.78, 5) is 14.9. The quantitative estimate of drug-likeness (QED) is 0.863. The third-order valence-electron chi connectivity index (χ3n) is 1.93. The average molecular weight is 292 g/mol. The Morgan fingerprint density at radius 2 is 2.00 bits per heavy atom. The Kier molecular flexibility index (Phi) is 3.24. The van der Waals surface area contributed by atoms with Crippen molar-refractivity contribution in [3.63, 3.8) is 0 Å². The fraction of sp³-hybridized carbons (Fsp3) is 0. The Hall–Kier alpha value is -1.30. The summed E-state index contributed by atoms with van der Waals surface area (Å²) in [5, 5.41) is 4.51. The number of rotatable bonds is 2. The fourth-order valence-corrected chi connectivity index (χ4v) is 1.75. The van der Waals surface area contributed by atoms with Crippen molar-refractivity contribution in [1.29, 1.82) is 0 Å². The molecule has 2 heterocycles. The molecule has 0 unspecified atom stereocenters. The van der Waals surface area contributed by atoms with Crippen LogP contribution in [-0.4, -0.2) is 20.7 Å². The second-order valence-electron chi connectivity index (χ2n) is 3.08. The van der Waals surface area contributed by atoms with Crippen molar-refractivity contribution >= 4 is 40.7 Å². The Morgan fingerprint density at radius 1 is 1.29 bits per heavy atom. The third-order valence-corrected chi connectivity index (χ3v) is 2.88. The molecule has 2 aromatic rings. The predicted molar refractivity (Wildman–Crippen MR) is 64.9 cm³/mol. The van der Waals surface area contributed by atoms with E-state index in [0.717, 1.165) is 0 Å². The van der Waals surface area contributed by atoms with Gasteiger partial charge in [-0.1, -0.05) is 34.8 Å². The highest BCUT2D eigenvalue weighted by Gasteiger charge is 2.12. The van der Waals surface area contributed by atoms with Crippen LogP contribution in [0.2, 0.25) is 15.2 Å². The molecule has 2 aromatic heterocycles. The van der Waals surface area contributed by atoms with Gasteiger partial charge in [-0.3, -0.25) is 4.79 Å². The van der Waals surface area contributed by atoms with Crippen LogP contribution < -0.4 is 5.73 Å². The minimum atomic E-state index is -0.639. The first-order chi connectivity index (χ1) is 7.99. The molecule has 2 N–H and O–H groups in total. The van der Waals surface area contributed by atoms with Crippen LogP contribution in [0.15, 0.2) is 18.3 Å². The van der Waals surface area contributed by atoms with Crippen molar-refractivity contribution in [3.05, 3.63) is 39.2 Å². The zero-order valence-corrected chi connectivity index (χ0v) is 10.5. The van der Waals surface area contributed by atoms with Crippen LogP contribution >= 0.6 is 34.8 Å². The van der Waals surface area contributed by atoms with E-state index in [9.17, 15) is 4.79 Å². The Labute approximate surface area is 111 Å². The van der Waals surface area contributed by atoms with Crippen LogP contribution in [0.1, 0.15) is 10.5 Å². The maximum absolute atomic E-state index is 10.9. The molecule has 0 saturated carbocycles. The monoisotopic (exact) mass is 290 g/mol. The molecule has 1 amide bonds. The van der Waals surface area contributed by atoms with Gasteiger partial charge in [-0.05, 0) is 12.1 Å². The molecule has 0 aliphatic carbocycles. The zero-order chi connectivity index (χ0) is 12.6. The van der Waals surface area contributed by atoms with Crippen molar-refractivity contribution in [3.8, 4) is 5.82 Å². The molecule has 0 saturated heterocycles. The van der Waals surface area contributed by atoms with Crippen LogP contribution in [0.3, 0.4) is 0 Å². The van der Waals surface area contributed by atoms with E-state index in [-0.39, 0.29) is 26.7 Å². The lowest BCUT2D eigenvalue weighted by molar-refractivity contribution is 0.0995. The first-order valence-corrected chi connectivity index (χ1v) is 5.50. The SMILES string of the molecule is NC(=O)c1ccn(-c2nc(Cl)c(Cl)cc2Cl)n1. The Bertz CT molecular complexity index is 596. The lowest BCUT2D eigenvalue weighted by Crippen LogP contribution is -2.12. The van der Waals surface area contributed by atoms with Crippen molar-refractivity contribution in [2.75, 3.05) is 0 Å². The number of carbonyl (C=O) groups excluding carboxylic acids is 1. The summed E-state index contributed by atoms with van der Waals surface area (Å²) in [5.74, 6) is -0.367. The maximum atomic E-state index is 10.9. The summed E-state index contributed by atoms with van der Waals surface area (Å²) < 4.78 is 1.30. The van der Waals surface area contributed by atoms with E-state index >= 15 is 0 Å². The van der Waals surface area contributed by atoms with Gasteiger partial charge in [0.25, 0.3) is 5.91 Å². The number of halogens is 3. The molecule has 0 atom stereocenters. The summed E-state index contributed by atoms with van der Waals surface area (Å²) in [6, 6.07) is 2.89. The van der Waals surface area contributed by atoms with Gasteiger partial charge in [0.1, 0.15) is 10.8 Å². The topological polar surface area (TPSA) is 73.8 Å². The third kappa shape index (κ3) is 2.36. The molecule has 0 radical (unpaired) electrons. The van der Waals surface area contributed by atoms with E-state index in [4.69, 9.17) is 40.5 Å². The van der Waals surface area contributed by atoms with Gasteiger partial charge in [-0.15, -0.1) is 0 Å². The van der Waals surface area contributed by atoms with E-state index in [1.807, 2.05) is 0 Å². The molecular weight excluding hydrogens is 286 g/mol. The van der Waals surface area contributed by atoms with Crippen LogP contribution in [-0.2, 0) is 0 Å². The summed E-state index contributed by atoms with van der Waals surface area (Å²) >= 11 is 17.5. The molecule has 0 aliphatic heterocycles. The standard InChI is InChI=1S/C9H5Cl3N4O/c10-4-3-5(11)9(14-7(4)12)16-2-1-6(15-16)8(13)17/h1-3H,(H2,13,17). The molecule has 0 aliphatic rings. The molecule has 8 heteroatoms. The molecular formula is C9H5Cl3N4O. The smallest absolute Gasteiger partial charge is 0.269 e. The second-order valence-corrected chi connectivity index (χ2v) is 4.25. The predicted octanol–water partition coefficient (Wildman–Crippen LogP) is 2.33. The van der Waals surface area contributed by atoms with E-state index < -0.39 is 5.91 Å². The number of amides is 1. The molecule has 0 spiro atoms. The van der Waals surface area contributed by atoms with Gasteiger partial charge >= 0.3 is 0 Å². The minimum Gasteiger partial charge on any atom is -0.364 e. The highest BCUT2D eigenvalue weighted by Crippen LogP contribution is 2.27. The molecule has 17 heavy (non-hydrogen) atoms. The van der Waals surface area contributed by atoms with E-state index in [1.54, 1.807) is 0 Å². The van der Waals surface area contributed by atoms with Gasteiger partial charge in [-0.2, -0.15) is 5.10 Å². The van der Waals surface area contributed by atoms with Crippen LogP contribution in [0, 0.1) is 0 Å². The normalized spacial score (nSPS) is 10.5. The van der Waals surface area contributed by atoms with Gasteiger partial charge in [-0.25, -0.2) is 9.67 Å². The Morgan fingerprint density at radius 3 is 2.59 bits per heavy atom. The number of hydrogen-bond donors (Lipinski definition) is 1.